The molecule has 0 spiro atoms. The van der Waals surface area contributed by atoms with Crippen molar-refractivity contribution in [3.8, 4) is 0 Å². The third kappa shape index (κ3) is 3.98. The Balaban J connectivity index is 1.53. The first-order valence-electron chi connectivity index (χ1n) is 9.62. The minimum absolute atomic E-state index is 0.0637. The summed E-state index contributed by atoms with van der Waals surface area (Å²) in [5.74, 6) is -0.601. The number of para-hydroxylation sites is 1. The average Bonchev–Trinajstić information content (AvgIpc) is 3.41. The van der Waals surface area contributed by atoms with Gasteiger partial charge in [0.15, 0.2) is 0 Å². The molecule has 0 atom stereocenters. The van der Waals surface area contributed by atoms with Gasteiger partial charge in [-0.3, -0.25) is 13.9 Å². The van der Waals surface area contributed by atoms with E-state index in [4.69, 9.17) is 0 Å². The minimum atomic E-state index is -3.78. The van der Waals surface area contributed by atoms with Crippen molar-refractivity contribution in [1.82, 2.24) is 10.2 Å². The predicted molar refractivity (Wildman–Crippen MR) is 109 cm³/mol. The maximum Gasteiger partial charge on any atom is 0.264 e. The Bertz CT molecular complexity index is 1060. The number of rotatable bonds is 6. The topological polar surface area (TPSA) is 86.8 Å². The van der Waals surface area contributed by atoms with Gasteiger partial charge in [0.1, 0.15) is 0 Å². The molecule has 0 unspecified atom stereocenters. The summed E-state index contributed by atoms with van der Waals surface area (Å²) < 4.78 is 27.8. The number of anilines is 1. The lowest BCUT2D eigenvalue weighted by atomic mass is 10.2. The molecule has 0 radical (unpaired) electrons. The monoisotopic (exact) mass is 413 g/mol. The molecule has 0 bridgehead atoms. The molecule has 152 valence electrons. The van der Waals surface area contributed by atoms with E-state index in [1.54, 1.807) is 18.2 Å². The Kier molecular flexibility index (Phi) is 5.04. The number of nitrogens with zero attached hydrogens (tertiary/aromatic N) is 2. The van der Waals surface area contributed by atoms with Gasteiger partial charge in [-0.05, 0) is 49.1 Å². The van der Waals surface area contributed by atoms with E-state index in [1.807, 2.05) is 18.2 Å². The van der Waals surface area contributed by atoms with Crippen molar-refractivity contribution in [1.29, 1.82) is 0 Å². The molecule has 2 aromatic carbocycles. The van der Waals surface area contributed by atoms with E-state index in [9.17, 15) is 18.0 Å². The van der Waals surface area contributed by atoms with Crippen molar-refractivity contribution in [3.05, 3.63) is 59.7 Å². The second-order valence-electron chi connectivity index (χ2n) is 7.49. The van der Waals surface area contributed by atoms with E-state index in [0.29, 0.717) is 18.7 Å². The van der Waals surface area contributed by atoms with Crippen LogP contribution in [0.2, 0.25) is 0 Å². The van der Waals surface area contributed by atoms with Crippen molar-refractivity contribution in [2.75, 3.05) is 24.4 Å². The number of carbonyl (C=O) groups is 2. The fourth-order valence-corrected chi connectivity index (χ4v) is 5.03. The number of fused-ring (bicyclic) bond motifs is 1. The van der Waals surface area contributed by atoms with Crippen LogP contribution in [0.4, 0.5) is 5.69 Å². The molecule has 0 saturated heterocycles. The summed E-state index contributed by atoms with van der Waals surface area (Å²) >= 11 is 0. The number of amides is 2. The van der Waals surface area contributed by atoms with Crippen molar-refractivity contribution in [3.63, 3.8) is 0 Å². The molecule has 2 aliphatic rings. The molecule has 2 amide bonds. The van der Waals surface area contributed by atoms with Gasteiger partial charge in [-0.1, -0.05) is 24.3 Å². The van der Waals surface area contributed by atoms with Crippen LogP contribution in [-0.2, 0) is 21.2 Å². The Morgan fingerprint density at radius 3 is 2.66 bits per heavy atom. The zero-order chi connectivity index (χ0) is 20.6. The summed E-state index contributed by atoms with van der Waals surface area (Å²) in [5.41, 5.74) is 1.91. The van der Waals surface area contributed by atoms with Crippen molar-refractivity contribution in [2.45, 2.75) is 30.2 Å². The van der Waals surface area contributed by atoms with E-state index in [1.165, 1.54) is 28.4 Å². The highest BCUT2D eigenvalue weighted by molar-refractivity contribution is 7.92. The van der Waals surface area contributed by atoms with Crippen LogP contribution in [0.25, 0.3) is 0 Å². The van der Waals surface area contributed by atoms with Crippen molar-refractivity contribution >= 4 is 27.5 Å². The molecule has 2 aromatic rings. The van der Waals surface area contributed by atoms with Crippen molar-refractivity contribution in [2.24, 2.45) is 0 Å². The molecule has 1 fully saturated rings. The number of hydrogen-bond donors (Lipinski definition) is 1. The molecule has 4 rings (SSSR count). The summed E-state index contributed by atoms with van der Waals surface area (Å²) in [6.45, 7) is 0.312. The standard InChI is InChI=1S/C21H23N3O4S/c1-23(14-20(25)22-17-9-10-17)21(26)16-6-4-7-18(13-16)29(27,28)24-12-11-15-5-2-3-8-19(15)24/h2-8,13,17H,9-12,14H2,1H3,(H,22,25). The quantitative estimate of drug-likeness (QED) is 0.782. The molecule has 7 nitrogen and oxygen atoms in total. The van der Waals surface area contributed by atoms with Gasteiger partial charge in [-0.2, -0.15) is 0 Å². The number of likely N-dealkylation sites (N-methyl/N-ethyl adjacent to an activating group) is 1. The van der Waals surface area contributed by atoms with Crippen LogP contribution >= 0.6 is 0 Å². The van der Waals surface area contributed by atoms with Gasteiger partial charge in [0.05, 0.1) is 17.1 Å². The number of nitrogens with one attached hydrogen (secondary N) is 1. The lowest BCUT2D eigenvalue weighted by molar-refractivity contribution is -0.121. The van der Waals surface area contributed by atoms with Gasteiger partial charge < -0.3 is 10.2 Å². The highest BCUT2D eigenvalue weighted by Crippen LogP contribution is 2.32. The fraction of sp³-hybridized carbons (Fsp3) is 0.333. The molecular weight excluding hydrogens is 390 g/mol. The first kappa shape index (κ1) is 19.4. The number of hydrogen-bond acceptors (Lipinski definition) is 4. The van der Waals surface area contributed by atoms with Crippen LogP contribution in [0, 0.1) is 0 Å². The van der Waals surface area contributed by atoms with E-state index in [2.05, 4.69) is 5.32 Å². The van der Waals surface area contributed by atoms with Crippen LogP contribution in [0.15, 0.2) is 53.4 Å². The Morgan fingerprint density at radius 2 is 1.90 bits per heavy atom. The minimum Gasteiger partial charge on any atom is -0.352 e. The highest BCUT2D eigenvalue weighted by Gasteiger charge is 2.31. The molecular formula is C21H23N3O4S. The summed E-state index contributed by atoms with van der Waals surface area (Å²) in [6, 6.07) is 13.6. The Labute approximate surface area is 170 Å². The summed E-state index contributed by atoms with van der Waals surface area (Å²) in [5, 5.41) is 2.84. The lowest BCUT2D eigenvalue weighted by Gasteiger charge is -2.21. The largest absolute Gasteiger partial charge is 0.352 e. The van der Waals surface area contributed by atoms with Crippen molar-refractivity contribution < 1.29 is 18.0 Å². The molecule has 1 heterocycles. The van der Waals surface area contributed by atoms with E-state index < -0.39 is 15.9 Å². The van der Waals surface area contributed by atoms with Gasteiger partial charge in [-0.25, -0.2) is 8.42 Å². The Hall–Kier alpha value is -2.87. The Morgan fingerprint density at radius 1 is 1.14 bits per heavy atom. The molecule has 1 aliphatic carbocycles. The van der Waals surface area contributed by atoms with Crippen LogP contribution in [-0.4, -0.2) is 51.3 Å². The molecule has 8 heteroatoms. The molecule has 1 saturated carbocycles. The van der Waals surface area contributed by atoms with Crippen LogP contribution in [0.1, 0.15) is 28.8 Å². The van der Waals surface area contributed by atoms with Gasteiger partial charge in [-0.15, -0.1) is 0 Å². The van der Waals surface area contributed by atoms with Gasteiger partial charge in [0, 0.05) is 25.2 Å². The fourth-order valence-electron chi connectivity index (χ4n) is 3.48. The van der Waals surface area contributed by atoms with E-state index in [0.717, 1.165) is 18.4 Å². The van der Waals surface area contributed by atoms with E-state index >= 15 is 0 Å². The molecule has 1 aliphatic heterocycles. The van der Waals surface area contributed by atoms with Crippen LogP contribution < -0.4 is 9.62 Å². The van der Waals surface area contributed by atoms with Gasteiger partial charge >= 0.3 is 0 Å². The normalized spacial score (nSPS) is 15.7. The number of carbonyl (C=O) groups excluding carboxylic acids is 2. The zero-order valence-corrected chi connectivity index (χ0v) is 17.0. The number of sulfonamides is 1. The maximum absolute atomic E-state index is 13.2. The van der Waals surface area contributed by atoms with Gasteiger partial charge in [0.25, 0.3) is 15.9 Å². The number of benzene rings is 2. The first-order chi connectivity index (χ1) is 13.9. The second-order valence-corrected chi connectivity index (χ2v) is 9.35. The maximum atomic E-state index is 13.2. The SMILES string of the molecule is CN(CC(=O)NC1CC1)C(=O)c1cccc(S(=O)(=O)N2CCc3ccccc32)c1. The van der Waals surface area contributed by atoms with E-state index in [-0.39, 0.29) is 29.0 Å². The summed E-state index contributed by atoms with van der Waals surface area (Å²) in [7, 11) is -2.25. The third-order valence-corrected chi connectivity index (χ3v) is 6.99. The lowest BCUT2D eigenvalue weighted by Crippen LogP contribution is -2.39. The summed E-state index contributed by atoms with van der Waals surface area (Å²) in [4.78, 5) is 26.0. The third-order valence-electron chi connectivity index (χ3n) is 5.18. The molecule has 29 heavy (non-hydrogen) atoms. The highest BCUT2D eigenvalue weighted by atomic mass is 32.2. The average molecular weight is 413 g/mol. The smallest absolute Gasteiger partial charge is 0.264 e. The predicted octanol–water partition coefficient (Wildman–Crippen LogP) is 1.79. The van der Waals surface area contributed by atoms with Gasteiger partial charge in [0.2, 0.25) is 5.91 Å². The first-order valence-corrected chi connectivity index (χ1v) is 11.1. The van der Waals surface area contributed by atoms with Crippen LogP contribution in [0.3, 0.4) is 0 Å². The molecule has 1 N–H and O–H groups in total. The second kappa shape index (κ2) is 7.51. The van der Waals surface area contributed by atoms with Crippen LogP contribution in [0.5, 0.6) is 0 Å². The zero-order valence-electron chi connectivity index (χ0n) is 16.2. The molecule has 0 aromatic heterocycles. The summed E-state index contributed by atoms with van der Waals surface area (Å²) in [6.07, 6.45) is 2.61.